The zero-order valence-electron chi connectivity index (χ0n) is 18.0. The van der Waals surface area contributed by atoms with E-state index in [9.17, 15) is 9.50 Å². The van der Waals surface area contributed by atoms with E-state index in [1.165, 1.54) is 12.1 Å². The summed E-state index contributed by atoms with van der Waals surface area (Å²) in [5, 5.41) is 15.3. The topological polar surface area (TPSA) is 78.4 Å². The van der Waals surface area contributed by atoms with Gasteiger partial charge in [-0.15, -0.1) is 0 Å². The summed E-state index contributed by atoms with van der Waals surface area (Å²) in [6, 6.07) is 14.6. The first-order valence-corrected chi connectivity index (χ1v) is 11.7. The second-order valence-corrected chi connectivity index (χ2v) is 9.14. The lowest BCUT2D eigenvalue weighted by Crippen LogP contribution is -2.41. The van der Waals surface area contributed by atoms with Gasteiger partial charge in [-0.1, -0.05) is 29.3 Å². The number of aliphatic hydroxyl groups is 1. The number of aliphatic hydroxyl groups excluding tert-OH is 1. The summed E-state index contributed by atoms with van der Waals surface area (Å²) in [7, 11) is 0. The number of nitrogens with one attached hydrogen (secondary N) is 3. The van der Waals surface area contributed by atoms with Crippen LogP contribution in [0.5, 0.6) is 5.75 Å². The third kappa shape index (κ3) is 6.99. The van der Waals surface area contributed by atoms with E-state index in [2.05, 4.69) is 21.2 Å². The minimum absolute atomic E-state index is 0.0438. The van der Waals surface area contributed by atoms with Crippen molar-refractivity contribution >= 4 is 34.1 Å². The average molecular weight is 493 g/mol. The van der Waals surface area contributed by atoms with Crippen molar-refractivity contribution in [2.75, 3.05) is 13.2 Å². The van der Waals surface area contributed by atoms with Gasteiger partial charge in [-0.05, 0) is 55.7 Å². The van der Waals surface area contributed by atoms with Crippen LogP contribution in [0.4, 0.5) is 4.39 Å². The molecule has 6 nitrogen and oxygen atoms in total. The summed E-state index contributed by atoms with van der Waals surface area (Å²) in [5.74, 6) is -0.196. The number of hydrogen-bond acceptors (Lipinski definition) is 6. The molecular formula is C24H27Cl2FN4O2. The summed E-state index contributed by atoms with van der Waals surface area (Å²) < 4.78 is 18.9. The number of aromatic nitrogens is 1. The maximum atomic E-state index is 13.4. The summed E-state index contributed by atoms with van der Waals surface area (Å²) in [6.45, 7) is 1.11. The molecule has 0 radical (unpaired) electrons. The number of benzene rings is 2. The average Bonchev–Trinajstić information content (AvgIpc) is 3.26. The van der Waals surface area contributed by atoms with Gasteiger partial charge in [0, 0.05) is 35.1 Å². The van der Waals surface area contributed by atoms with Crippen LogP contribution in [0, 0.1) is 5.82 Å². The van der Waals surface area contributed by atoms with E-state index >= 15 is 0 Å². The van der Waals surface area contributed by atoms with Crippen LogP contribution in [-0.2, 0) is 6.54 Å². The fourth-order valence-corrected chi connectivity index (χ4v) is 4.24. The first-order valence-electron chi connectivity index (χ1n) is 11.0. The Morgan fingerprint density at radius 2 is 1.94 bits per heavy atom. The van der Waals surface area contributed by atoms with Crippen LogP contribution < -0.4 is 20.9 Å². The minimum atomic E-state index is -0.692. The number of rotatable bonds is 10. The number of nitrogens with zero attached hydrogens (tertiary/aromatic N) is 1. The molecule has 33 heavy (non-hydrogen) atoms. The zero-order chi connectivity index (χ0) is 23.2. The fourth-order valence-electron chi connectivity index (χ4n) is 3.94. The minimum Gasteiger partial charge on any atom is -0.491 e. The molecular weight excluding hydrogens is 466 g/mol. The van der Waals surface area contributed by atoms with Gasteiger partial charge in [-0.2, -0.15) is 0 Å². The summed E-state index contributed by atoms with van der Waals surface area (Å²) in [5.41, 5.74) is 8.53. The van der Waals surface area contributed by atoms with Gasteiger partial charge in [0.15, 0.2) is 0 Å². The lowest BCUT2D eigenvalue weighted by Gasteiger charge is -2.18. The van der Waals surface area contributed by atoms with E-state index in [-0.39, 0.29) is 11.6 Å². The second-order valence-electron chi connectivity index (χ2n) is 8.29. The lowest BCUT2D eigenvalue weighted by atomic mass is 10.2. The van der Waals surface area contributed by atoms with Crippen LogP contribution in [0.3, 0.4) is 0 Å². The Kier molecular flexibility index (Phi) is 8.35. The van der Waals surface area contributed by atoms with Gasteiger partial charge in [-0.25, -0.2) is 4.39 Å². The highest BCUT2D eigenvalue weighted by atomic mass is 35.5. The molecule has 4 rings (SSSR count). The molecule has 3 unspecified atom stereocenters. The molecule has 0 amide bonds. The van der Waals surface area contributed by atoms with Crippen LogP contribution in [0.1, 0.15) is 25.0 Å². The standard InChI is InChI=1S/C24H27Cl2FN4O2/c25-16-2-8-24-15(9-16)1-3-19(30-24)12-29-31-18-5-4-17(10-18)28-13-20(32)14-33-21-6-7-22(26)23(27)11-21/h1-3,6-9,11,17-18,20,28-29,31-32H,4-5,10,12-14H2. The summed E-state index contributed by atoms with van der Waals surface area (Å²) in [6.07, 6.45) is 2.31. The molecule has 1 fully saturated rings. The van der Waals surface area contributed by atoms with Crippen molar-refractivity contribution in [1.82, 2.24) is 21.2 Å². The molecule has 0 saturated heterocycles. The molecule has 9 heteroatoms. The van der Waals surface area contributed by atoms with Crippen molar-refractivity contribution in [2.24, 2.45) is 0 Å². The van der Waals surface area contributed by atoms with Crippen LogP contribution in [0.15, 0.2) is 48.5 Å². The zero-order valence-corrected chi connectivity index (χ0v) is 19.5. The molecule has 1 aliphatic rings. The molecule has 0 spiro atoms. The molecule has 1 aromatic heterocycles. The van der Waals surface area contributed by atoms with Gasteiger partial charge >= 0.3 is 0 Å². The van der Waals surface area contributed by atoms with Gasteiger partial charge < -0.3 is 15.2 Å². The van der Waals surface area contributed by atoms with E-state index in [4.69, 9.17) is 27.9 Å². The Morgan fingerprint density at radius 1 is 1.09 bits per heavy atom. The molecule has 3 atom stereocenters. The Hall–Kier alpha value is -2.00. The summed E-state index contributed by atoms with van der Waals surface area (Å²) in [4.78, 5) is 4.65. The van der Waals surface area contributed by atoms with Gasteiger partial charge in [-0.3, -0.25) is 15.8 Å². The second kappa shape index (κ2) is 11.4. The highest BCUT2D eigenvalue weighted by molar-refractivity contribution is 6.31. The number of pyridine rings is 1. The van der Waals surface area contributed by atoms with E-state index in [1.54, 1.807) is 6.07 Å². The van der Waals surface area contributed by atoms with Crippen LogP contribution >= 0.6 is 23.2 Å². The van der Waals surface area contributed by atoms with Crippen LogP contribution in [0.2, 0.25) is 10.0 Å². The Morgan fingerprint density at radius 3 is 2.79 bits per heavy atom. The van der Waals surface area contributed by atoms with E-state index in [0.717, 1.165) is 35.9 Å². The van der Waals surface area contributed by atoms with Crippen molar-refractivity contribution in [1.29, 1.82) is 0 Å². The smallest absolute Gasteiger partial charge is 0.145 e. The molecule has 4 N–H and O–H groups in total. The number of fused-ring (bicyclic) bond motifs is 1. The van der Waals surface area contributed by atoms with Gasteiger partial charge in [0.2, 0.25) is 0 Å². The third-order valence-corrected chi connectivity index (χ3v) is 6.23. The van der Waals surface area contributed by atoms with E-state index < -0.39 is 11.9 Å². The maximum Gasteiger partial charge on any atom is 0.145 e. The lowest BCUT2D eigenvalue weighted by molar-refractivity contribution is 0.103. The van der Waals surface area contributed by atoms with Crippen LogP contribution in [-0.4, -0.2) is 41.4 Å². The monoisotopic (exact) mass is 492 g/mol. The van der Waals surface area contributed by atoms with Crippen molar-refractivity contribution in [3.8, 4) is 5.75 Å². The van der Waals surface area contributed by atoms with Gasteiger partial charge in [0.1, 0.15) is 24.3 Å². The largest absolute Gasteiger partial charge is 0.491 e. The highest BCUT2D eigenvalue weighted by Gasteiger charge is 2.24. The molecule has 1 heterocycles. The van der Waals surface area contributed by atoms with Gasteiger partial charge in [0.05, 0.1) is 22.8 Å². The molecule has 2 aromatic carbocycles. The predicted molar refractivity (Wildman–Crippen MR) is 129 cm³/mol. The number of ether oxygens (including phenoxy) is 1. The Labute approximate surface area is 202 Å². The quantitative estimate of drug-likeness (QED) is 0.317. The predicted octanol–water partition coefficient (Wildman–Crippen LogP) is 4.23. The molecule has 0 aliphatic heterocycles. The van der Waals surface area contributed by atoms with Crippen molar-refractivity contribution < 1.29 is 14.2 Å². The molecule has 3 aromatic rings. The van der Waals surface area contributed by atoms with Crippen molar-refractivity contribution in [2.45, 2.75) is 44.0 Å². The number of hydrazine groups is 1. The maximum absolute atomic E-state index is 13.4. The molecule has 1 saturated carbocycles. The first-order chi connectivity index (χ1) is 16.0. The Bertz CT molecular complexity index is 1090. The molecule has 0 bridgehead atoms. The summed E-state index contributed by atoms with van der Waals surface area (Å²) >= 11 is 11.7. The van der Waals surface area contributed by atoms with E-state index in [0.29, 0.717) is 35.9 Å². The fraction of sp³-hybridized carbons (Fsp3) is 0.375. The van der Waals surface area contributed by atoms with Crippen molar-refractivity contribution in [3.05, 3.63) is 70.1 Å². The van der Waals surface area contributed by atoms with Crippen LogP contribution in [0.25, 0.3) is 10.9 Å². The van der Waals surface area contributed by atoms with Gasteiger partial charge in [0.25, 0.3) is 0 Å². The normalized spacial score (nSPS) is 19.2. The van der Waals surface area contributed by atoms with Crippen molar-refractivity contribution in [3.63, 3.8) is 0 Å². The third-order valence-electron chi connectivity index (χ3n) is 5.69. The SMILES string of the molecule is OC(CNC1CCC(NNCc2ccc3cc(Cl)ccc3n2)C1)COc1ccc(Cl)c(F)c1. The molecule has 176 valence electrons. The Balaban J connectivity index is 1.13. The first kappa shape index (κ1) is 24.1. The number of halogens is 3. The van der Waals surface area contributed by atoms with E-state index in [1.807, 2.05) is 30.3 Å². The highest BCUT2D eigenvalue weighted by Crippen LogP contribution is 2.21. The molecule has 1 aliphatic carbocycles. The number of hydrogen-bond donors (Lipinski definition) is 4.